The molecule has 0 radical (unpaired) electrons. The Morgan fingerprint density at radius 3 is 2.50 bits per heavy atom. The summed E-state index contributed by atoms with van der Waals surface area (Å²) in [4.78, 5) is 33.4. The van der Waals surface area contributed by atoms with Crippen LogP contribution in [0.25, 0.3) is 0 Å². The van der Waals surface area contributed by atoms with Crippen molar-refractivity contribution in [3.8, 4) is 0 Å². The van der Waals surface area contributed by atoms with Gasteiger partial charge < -0.3 is 24.9 Å². The maximum atomic E-state index is 12.5. The van der Waals surface area contributed by atoms with Gasteiger partial charge in [0.25, 0.3) is 5.91 Å². The summed E-state index contributed by atoms with van der Waals surface area (Å²) in [6.07, 6.45) is 2.33. The maximum Gasteiger partial charge on any atom is 0.289 e. The van der Waals surface area contributed by atoms with Crippen molar-refractivity contribution in [2.75, 3.05) is 38.0 Å². The molecule has 3 rings (SSSR count). The minimum atomic E-state index is -0.0761. The van der Waals surface area contributed by atoms with Crippen LogP contribution in [0.15, 0.2) is 52.1 Å². The molecule has 1 aromatic heterocycles. The van der Waals surface area contributed by atoms with E-state index in [0.717, 1.165) is 30.2 Å². The summed E-state index contributed by atoms with van der Waals surface area (Å²) in [5.74, 6) is 1.14. The Kier molecular flexibility index (Phi) is 8.30. The number of nitrogens with zero attached hydrogens (tertiary/aromatic N) is 3. The molecule has 172 valence electrons. The van der Waals surface area contributed by atoms with Crippen LogP contribution in [0.3, 0.4) is 0 Å². The minimum absolute atomic E-state index is 0.0182. The Labute approximate surface area is 189 Å². The van der Waals surface area contributed by atoms with Crippen molar-refractivity contribution >= 4 is 23.5 Å². The van der Waals surface area contributed by atoms with Crippen molar-refractivity contribution in [3.05, 3.63) is 54.0 Å². The lowest BCUT2D eigenvalue weighted by Gasteiger charge is -2.36. The van der Waals surface area contributed by atoms with E-state index in [2.05, 4.69) is 15.5 Å². The zero-order valence-electron chi connectivity index (χ0n) is 19.1. The average molecular weight is 440 g/mol. The monoisotopic (exact) mass is 439 g/mol. The third-order valence-corrected chi connectivity index (χ3v) is 5.60. The van der Waals surface area contributed by atoms with Gasteiger partial charge in [0.05, 0.1) is 12.8 Å². The molecule has 1 saturated heterocycles. The fraction of sp³-hybridized carbons (Fsp3) is 0.458. The van der Waals surface area contributed by atoms with Crippen LogP contribution in [0.5, 0.6) is 0 Å². The Hall–Kier alpha value is -3.29. The van der Waals surface area contributed by atoms with Crippen molar-refractivity contribution < 1.29 is 14.0 Å². The summed E-state index contributed by atoms with van der Waals surface area (Å²) in [5, 5.41) is 6.33. The van der Waals surface area contributed by atoms with Gasteiger partial charge in [0.2, 0.25) is 5.91 Å². The van der Waals surface area contributed by atoms with Crippen LogP contribution in [-0.2, 0) is 11.3 Å². The molecule has 2 heterocycles. The number of piperazine rings is 1. The molecule has 2 N–H and O–H groups in total. The molecular weight excluding hydrogens is 406 g/mol. The van der Waals surface area contributed by atoms with Gasteiger partial charge in [-0.1, -0.05) is 26.0 Å². The highest BCUT2D eigenvalue weighted by molar-refractivity contribution is 5.92. The van der Waals surface area contributed by atoms with E-state index >= 15 is 0 Å². The molecule has 32 heavy (non-hydrogen) atoms. The van der Waals surface area contributed by atoms with Crippen LogP contribution in [-0.4, -0.2) is 60.3 Å². The van der Waals surface area contributed by atoms with E-state index in [1.165, 1.54) is 6.26 Å². The molecule has 1 aliphatic rings. The molecule has 8 heteroatoms. The van der Waals surface area contributed by atoms with Crippen molar-refractivity contribution in [3.63, 3.8) is 0 Å². The van der Waals surface area contributed by atoms with E-state index in [-0.39, 0.29) is 17.7 Å². The number of nitrogens with one attached hydrogen (secondary N) is 2. The second kappa shape index (κ2) is 11.4. The quantitative estimate of drug-likeness (QED) is 0.511. The Balaban J connectivity index is 1.60. The van der Waals surface area contributed by atoms with Gasteiger partial charge in [-0.05, 0) is 43.2 Å². The van der Waals surface area contributed by atoms with Crippen LogP contribution in [0.4, 0.5) is 5.69 Å². The SMILES string of the molecule is CCNC(=NCc1cccc(NC(=O)C(C)CC)c1)N1CCN(C(=O)c2ccco2)CC1. The highest BCUT2D eigenvalue weighted by Crippen LogP contribution is 2.15. The summed E-state index contributed by atoms with van der Waals surface area (Å²) in [5.41, 5.74) is 1.81. The van der Waals surface area contributed by atoms with Crippen LogP contribution < -0.4 is 10.6 Å². The van der Waals surface area contributed by atoms with Gasteiger partial charge in [-0.3, -0.25) is 9.59 Å². The third kappa shape index (κ3) is 6.12. The number of carbonyl (C=O) groups is 2. The fourth-order valence-electron chi connectivity index (χ4n) is 3.47. The summed E-state index contributed by atoms with van der Waals surface area (Å²) in [7, 11) is 0. The van der Waals surface area contributed by atoms with Gasteiger partial charge in [0.15, 0.2) is 11.7 Å². The molecule has 0 aliphatic carbocycles. The number of carbonyl (C=O) groups excluding carboxylic acids is 2. The van der Waals surface area contributed by atoms with Crippen LogP contribution in [0, 0.1) is 5.92 Å². The zero-order chi connectivity index (χ0) is 22.9. The van der Waals surface area contributed by atoms with Gasteiger partial charge in [0.1, 0.15) is 0 Å². The predicted molar refractivity (Wildman–Crippen MR) is 126 cm³/mol. The molecule has 0 saturated carbocycles. The molecule has 0 bridgehead atoms. The van der Waals surface area contributed by atoms with Gasteiger partial charge >= 0.3 is 0 Å². The number of hydrogen-bond donors (Lipinski definition) is 2. The summed E-state index contributed by atoms with van der Waals surface area (Å²) < 4.78 is 5.23. The van der Waals surface area contributed by atoms with Gasteiger partial charge in [-0.25, -0.2) is 4.99 Å². The third-order valence-electron chi connectivity index (χ3n) is 5.60. The fourth-order valence-corrected chi connectivity index (χ4v) is 3.47. The topological polar surface area (TPSA) is 90.2 Å². The van der Waals surface area contributed by atoms with E-state index in [4.69, 9.17) is 9.41 Å². The lowest BCUT2D eigenvalue weighted by atomic mass is 10.1. The van der Waals surface area contributed by atoms with E-state index < -0.39 is 0 Å². The number of furan rings is 1. The minimum Gasteiger partial charge on any atom is -0.459 e. The number of anilines is 1. The molecule has 8 nitrogen and oxygen atoms in total. The van der Waals surface area contributed by atoms with E-state index in [9.17, 15) is 9.59 Å². The first kappa shape index (κ1) is 23.4. The van der Waals surface area contributed by atoms with Crippen LogP contribution in [0.1, 0.15) is 43.3 Å². The number of guanidine groups is 1. The first-order valence-corrected chi connectivity index (χ1v) is 11.3. The highest BCUT2D eigenvalue weighted by atomic mass is 16.3. The highest BCUT2D eigenvalue weighted by Gasteiger charge is 2.25. The van der Waals surface area contributed by atoms with Crippen molar-refractivity contribution in [2.45, 2.75) is 33.7 Å². The Morgan fingerprint density at radius 1 is 1.09 bits per heavy atom. The normalized spacial score (nSPS) is 15.4. The molecule has 1 unspecified atom stereocenters. The van der Waals surface area contributed by atoms with Crippen molar-refractivity contribution in [2.24, 2.45) is 10.9 Å². The van der Waals surface area contributed by atoms with Crippen molar-refractivity contribution in [1.29, 1.82) is 0 Å². The first-order chi connectivity index (χ1) is 15.5. The molecule has 0 spiro atoms. The number of hydrogen-bond acceptors (Lipinski definition) is 4. The Bertz CT molecular complexity index is 917. The summed E-state index contributed by atoms with van der Waals surface area (Å²) >= 11 is 0. The smallest absolute Gasteiger partial charge is 0.289 e. The van der Waals surface area contributed by atoms with Crippen LogP contribution in [0.2, 0.25) is 0 Å². The number of rotatable bonds is 7. The Morgan fingerprint density at radius 2 is 1.84 bits per heavy atom. The van der Waals surface area contributed by atoms with E-state index in [1.54, 1.807) is 12.1 Å². The largest absolute Gasteiger partial charge is 0.459 e. The number of amides is 2. The average Bonchev–Trinajstić information content (AvgIpc) is 3.36. The number of aliphatic imine (C=N–C) groups is 1. The predicted octanol–water partition coefficient (Wildman–Crippen LogP) is 3.19. The van der Waals surface area contributed by atoms with E-state index in [0.29, 0.717) is 38.5 Å². The van der Waals surface area contributed by atoms with Gasteiger partial charge in [0, 0.05) is 44.3 Å². The second-order valence-corrected chi connectivity index (χ2v) is 7.93. The molecule has 1 aromatic carbocycles. The summed E-state index contributed by atoms with van der Waals surface area (Å²) in [6, 6.07) is 11.2. The first-order valence-electron chi connectivity index (χ1n) is 11.3. The standard InChI is InChI=1S/C24H33N5O3/c1-4-18(3)22(30)27-20-9-6-8-19(16-20)17-26-24(25-5-2)29-13-11-28(12-14-29)23(31)21-10-7-15-32-21/h6-10,15-16,18H,4-5,11-14,17H2,1-3H3,(H,25,26)(H,27,30). The van der Waals surface area contributed by atoms with Gasteiger partial charge in [-0.2, -0.15) is 0 Å². The zero-order valence-corrected chi connectivity index (χ0v) is 19.1. The maximum absolute atomic E-state index is 12.5. The lowest BCUT2D eigenvalue weighted by molar-refractivity contribution is -0.119. The molecule has 2 aromatic rings. The molecule has 1 atom stereocenters. The summed E-state index contributed by atoms with van der Waals surface area (Å²) in [6.45, 7) is 9.85. The molecular formula is C24H33N5O3. The number of benzene rings is 1. The van der Waals surface area contributed by atoms with Crippen LogP contribution >= 0.6 is 0 Å². The molecule has 2 amide bonds. The van der Waals surface area contributed by atoms with E-state index in [1.807, 2.05) is 49.9 Å². The molecule has 1 aliphatic heterocycles. The second-order valence-electron chi connectivity index (χ2n) is 7.93. The molecule has 1 fully saturated rings. The van der Waals surface area contributed by atoms with Crippen molar-refractivity contribution in [1.82, 2.24) is 15.1 Å². The van der Waals surface area contributed by atoms with Gasteiger partial charge in [-0.15, -0.1) is 0 Å². The lowest BCUT2D eigenvalue weighted by Crippen LogP contribution is -2.53.